The van der Waals surface area contributed by atoms with Gasteiger partial charge in [0.1, 0.15) is 11.8 Å². The van der Waals surface area contributed by atoms with Crippen molar-refractivity contribution in [2.24, 2.45) is 0 Å². The van der Waals surface area contributed by atoms with Gasteiger partial charge in [-0.05, 0) is 36.2 Å². The molecular formula is C30H32F5N7O7S2. The van der Waals surface area contributed by atoms with E-state index in [2.05, 4.69) is 25.6 Å². The van der Waals surface area contributed by atoms with Gasteiger partial charge < -0.3 is 25.0 Å². The number of benzene rings is 2. The van der Waals surface area contributed by atoms with Crippen molar-refractivity contribution in [1.82, 2.24) is 29.6 Å². The van der Waals surface area contributed by atoms with Crippen LogP contribution in [0, 0.1) is 0 Å². The molecule has 276 valence electrons. The molecule has 0 spiro atoms. The van der Waals surface area contributed by atoms with Crippen LogP contribution in [0.25, 0.3) is 0 Å². The molecule has 2 aliphatic rings. The molecule has 0 aliphatic carbocycles. The fourth-order valence-corrected chi connectivity index (χ4v) is 7.64. The van der Waals surface area contributed by atoms with Crippen LogP contribution in [0.3, 0.4) is 0 Å². The summed E-state index contributed by atoms with van der Waals surface area (Å²) in [5.41, 5.74) is 0.198. The van der Waals surface area contributed by atoms with Crippen molar-refractivity contribution in [3.8, 4) is 5.75 Å². The number of hydrogen-bond acceptors (Lipinski definition) is 10. The maximum Gasteiger partial charge on any atom is 0.573 e. The normalized spacial score (nSPS) is 18.8. The predicted octanol–water partition coefficient (Wildman–Crippen LogP) is 3.37. The van der Waals surface area contributed by atoms with Crippen molar-refractivity contribution >= 4 is 44.3 Å². The van der Waals surface area contributed by atoms with E-state index < -0.39 is 82.5 Å². The zero-order valence-corrected chi connectivity index (χ0v) is 28.4. The van der Waals surface area contributed by atoms with Crippen molar-refractivity contribution in [2.45, 2.75) is 55.6 Å². The summed E-state index contributed by atoms with van der Waals surface area (Å²) in [5, 5.41) is 22.3. The predicted molar refractivity (Wildman–Crippen MR) is 170 cm³/mol. The van der Waals surface area contributed by atoms with Crippen molar-refractivity contribution in [2.75, 3.05) is 38.0 Å². The molecule has 5 rings (SSSR count). The molecule has 2 saturated heterocycles. The molecule has 0 bridgehead atoms. The van der Waals surface area contributed by atoms with Gasteiger partial charge in [0, 0.05) is 51.3 Å². The highest BCUT2D eigenvalue weighted by molar-refractivity contribution is 7.89. The standard InChI is InChI=1S/C30H32F5N7O7S2/c1-2-29(31,32)19-5-3-18(4-6-19)15-36-24(44)23-17-41(28(46)37-27-39-38-25(50-27)26(45)40-12-11-20(43)16-40)13-14-42(23)51(47,48)22-9-7-21(8-10-22)49-30(33,34)35/h3-10,20,23,43H,2,11-17H2,1H3,(H,36,44)(H,37,39,46)/t20-,23-/m1/s1. The first kappa shape index (κ1) is 37.8. The van der Waals surface area contributed by atoms with E-state index in [1.807, 2.05) is 0 Å². The molecule has 0 radical (unpaired) electrons. The van der Waals surface area contributed by atoms with Crippen LogP contribution in [0.15, 0.2) is 53.4 Å². The Balaban J connectivity index is 1.32. The van der Waals surface area contributed by atoms with E-state index in [0.717, 1.165) is 44.8 Å². The quantitative estimate of drug-likeness (QED) is 0.262. The van der Waals surface area contributed by atoms with Crippen molar-refractivity contribution in [3.63, 3.8) is 0 Å². The van der Waals surface area contributed by atoms with Crippen LogP contribution in [0.2, 0.25) is 0 Å². The van der Waals surface area contributed by atoms with Gasteiger partial charge in [0.25, 0.3) is 11.8 Å². The van der Waals surface area contributed by atoms with Gasteiger partial charge in [0.2, 0.25) is 26.1 Å². The first-order valence-electron chi connectivity index (χ1n) is 15.5. The number of β-amino-alcohol motifs (C(OH)–C–C–N with tert-alkyl or cyclic N) is 1. The van der Waals surface area contributed by atoms with Gasteiger partial charge >= 0.3 is 12.4 Å². The third-order valence-corrected chi connectivity index (χ3v) is 10.9. The third-order valence-electron chi connectivity index (χ3n) is 8.14. The van der Waals surface area contributed by atoms with E-state index in [-0.39, 0.29) is 35.3 Å². The van der Waals surface area contributed by atoms with Gasteiger partial charge in [0.15, 0.2) is 0 Å². The molecule has 3 aromatic rings. The maximum absolute atomic E-state index is 14.1. The number of urea groups is 1. The van der Waals surface area contributed by atoms with Crippen molar-refractivity contribution in [3.05, 3.63) is 64.7 Å². The summed E-state index contributed by atoms with van der Waals surface area (Å²) in [7, 11) is -4.54. The number of rotatable bonds is 10. The molecule has 2 aliphatic heterocycles. The Hall–Kier alpha value is -4.47. The van der Waals surface area contributed by atoms with Crippen LogP contribution < -0.4 is 15.4 Å². The first-order chi connectivity index (χ1) is 24.0. The third kappa shape index (κ3) is 9.07. The number of sulfonamides is 1. The Labute approximate surface area is 292 Å². The van der Waals surface area contributed by atoms with Crippen LogP contribution in [-0.2, 0) is 27.3 Å². The van der Waals surface area contributed by atoms with Gasteiger partial charge in [-0.3, -0.25) is 14.9 Å². The minimum Gasteiger partial charge on any atom is -0.406 e. The lowest BCUT2D eigenvalue weighted by Gasteiger charge is -2.39. The number of nitrogens with one attached hydrogen (secondary N) is 2. The number of aromatic nitrogens is 2. The smallest absolute Gasteiger partial charge is 0.406 e. The molecule has 14 nitrogen and oxygen atoms in total. The minimum absolute atomic E-state index is 0.0364. The SMILES string of the molecule is CCC(F)(F)c1ccc(CNC(=O)[C@H]2CN(C(=O)Nc3nnc(C(=O)N4CC[C@@H](O)C4)s3)CCN2S(=O)(=O)c2ccc(OC(F)(F)F)cc2)cc1. The Kier molecular flexibility index (Phi) is 11.1. The molecule has 2 fully saturated rings. The Bertz CT molecular complexity index is 1840. The lowest BCUT2D eigenvalue weighted by molar-refractivity contribution is -0.274. The van der Waals surface area contributed by atoms with Crippen LogP contribution in [0.4, 0.5) is 31.9 Å². The summed E-state index contributed by atoms with van der Waals surface area (Å²) in [6.07, 6.45) is -5.68. The monoisotopic (exact) mass is 761 g/mol. The number of aliphatic hydroxyl groups excluding tert-OH is 1. The molecule has 4 amide bonds. The molecular weight excluding hydrogens is 729 g/mol. The van der Waals surface area contributed by atoms with Crippen LogP contribution in [0.1, 0.15) is 40.7 Å². The van der Waals surface area contributed by atoms with Crippen molar-refractivity contribution in [1.29, 1.82) is 0 Å². The second-order valence-electron chi connectivity index (χ2n) is 11.6. The molecule has 2 aromatic carbocycles. The van der Waals surface area contributed by atoms with E-state index in [0.29, 0.717) is 18.5 Å². The molecule has 3 heterocycles. The largest absolute Gasteiger partial charge is 0.573 e. The molecule has 1 aromatic heterocycles. The summed E-state index contributed by atoms with van der Waals surface area (Å²) >= 11 is 0.778. The number of nitrogens with zero attached hydrogens (tertiary/aromatic N) is 5. The summed E-state index contributed by atoms with van der Waals surface area (Å²) in [6, 6.07) is 6.22. The highest BCUT2D eigenvalue weighted by Gasteiger charge is 2.42. The number of anilines is 1. The van der Waals surface area contributed by atoms with Crippen LogP contribution in [0.5, 0.6) is 5.75 Å². The number of halogens is 5. The summed E-state index contributed by atoms with van der Waals surface area (Å²) in [5.74, 6) is -5.05. The molecule has 2 atom stereocenters. The Morgan fingerprint density at radius 3 is 2.25 bits per heavy atom. The Morgan fingerprint density at radius 1 is 0.961 bits per heavy atom. The number of alkyl halides is 5. The first-order valence-corrected chi connectivity index (χ1v) is 17.7. The van der Waals surface area contributed by atoms with Gasteiger partial charge in [0.05, 0.1) is 11.0 Å². The van der Waals surface area contributed by atoms with Crippen LogP contribution >= 0.6 is 11.3 Å². The summed E-state index contributed by atoms with van der Waals surface area (Å²) in [6.45, 7) is 0.475. The topological polar surface area (TPSA) is 174 Å². The Morgan fingerprint density at radius 2 is 1.65 bits per heavy atom. The van der Waals surface area contributed by atoms with Crippen LogP contribution in [-0.4, -0.2) is 107 Å². The van der Waals surface area contributed by atoms with E-state index >= 15 is 0 Å². The average Bonchev–Trinajstić information content (AvgIpc) is 3.75. The number of amides is 4. The highest BCUT2D eigenvalue weighted by Crippen LogP contribution is 2.31. The number of piperazine rings is 1. The number of carbonyl (C=O) groups is 3. The molecule has 3 N–H and O–H groups in total. The molecule has 0 unspecified atom stereocenters. The fourth-order valence-electron chi connectivity index (χ4n) is 5.37. The number of aliphatic hydroxyl groups is 1. The second-order valence-corrected chi connectivity index (χ2v) is 14.5. The van der Waals surface area contributed by atoms with Gasteiger partial charge in [-0.15, -0.1) is 23.4 Å². The number of ether oxygens (including phenoxy) is 1. The lowest BCUT2D eigenvalue weighted by atomic mass is 10.0. The second kappa shape index (κ2) is 15.0. The van der Waals surface area contributed by atoms with E-state index in [1.165, 1.54) is 36.1 Å². The van der Waals surface area contributed by atoms with Gasteiger partial charge in [-0.1, -0.05) is 42.5 Å². The number of carbonyl (C=O) groups excluding carboxylic acids is 3. The summed E-state index contributed by atoms with van der Waals surface area (Å²) in [4.78, 5) is 41.6. The number of likely N-dealkylation sites (tertiary alicyclic amines) is 1. The molecule has 0 saturated carbocycles. The molecule has 21 heteroatoms. The number of hydrogen-bond donors (Lipinski definition) is 3. The highest BCUT2D eigenvalue weighted by atomic mass is 32.2. The summed E-state index contributed by atoms with van der Waals surface area (Å²) < 4.78 is 98.1. The van der Waals surface area contributed by atoms with Gasteiger partial charge in [-0.25, -0.2) is 22.0 Å². The van der Waals surface area contributed by atoms with E-state index in [4.69, 9.17) is 0 Å². The molecule has 51 heavy (non-hydrogen) atoms. The fraction of sp³-hybridized carbons (Fsp3) is 0.433. The lowest BCUT2D eigenvalue weighted by Crippen LogP contribution is -2.61. The van der Waals surface area contributed by atoms with E-state index in [9.17, 15) is 49.9 Å². The maximum atomic E-state index is 14.1. The van der Waals surface area contributed by atoms with E-state index in [1.54, 1.807) is 0 Å². The van der Waals surface area contributed by atoms with Gasteiger partial charge in [-0.2, -0.15) is 4.31 Å². The minimum atomic E-state index is -5.01. The zero-order valence-electron chi connectivity index (χ0n) is 26.8. The zero-order chi connectivity index (χ0) is 37.1. The average molecular weight is 762 g/mol. The van der Waals surface area contributed by atoms with Crippen molar-refractivity contribution < 1.29 is 54.6 Å².